The van der Waals surface area contributed by atoms with Gasteiger partial charge in [0.15, 0.2) is 4.77 Å². The summed E-state index contributed by atoms with van der Waals surface area (Å²) in [5.74, 6) is 0.538. The molecule has 104 valence electrons. The smallest absolute Gasteiger partial charge is 0.178 e. The number of nitrogens with zero attached hydrogens (tertiary/aromatic N) is 2. The summed E-state index contributed by atoms with van der Waals surface area (Å²) in [5.41, 5.74) is 4.03. The molecule has 0 radical (unpaired) electrons. The van der Waals surface area contributed by atoms with Crippen LogP contribution in [-0.4, -0.2) is 14.7 Å². The van der Waals surface area contributed by atoms with Crippen LogP contribution in [-0.2, 0) is 6.54 Å². The van der Waals surface area contributed by atoms with E-state index in [1.165, 1.54) is 6.07 Å². The third-order valence-corrected chi connectivity index (χ3v) is 3.87. The van der Waals surface area contributed by atoms with Crippen LogP contribution in [0.2, 0.25) is 0 Å². The van der Waals surface area contributed by atoms with Crippen molar-refractivity contribution in [3.8, 4) is 0 Å². The van der Waals surface area contributed by atoms with E-state index in [-0.39, 0.29) is 5.82 Å². The Morgan fingerprint density at radius 1 is 1.35 bits per heavy atom. The van der Waals surface area contributed by atoms with Crippen molar-refractivity contribution in [3.63, 3.8) is 0 Å². The molecule has 0 spiro atoms. The number of aryl methyl sites for hydroxylation is 3. The lowest BCUT2D eigenvalue weighted by molar-refractivity contribution is 0.392. The summed E-state index contributed by atoms with van der Waals surface area (Å²) in [6.45, 7) is 6.07. The molecule has 0 bridgehead atoms. The van der Waals surface area contributed by atoms with Crippen LogP contribution < -0.4 is 0 Å². The second kappa shape index (κ2) is 4.56. The van der Waals surface area contributed by atoms with Crippen molar-refractivity contribution in [2.45, 2.75) is 27.3 Å². The number of aromatic amines is 1. The van der Waals surface area contributed by atoms with E-state index in [0.717, 1.165) is 22.5 Å². The van der Waals surface area contributed by atoms with Crippen LogP contribution in [0.4, 0.5) is 4.39 Å². The van der Waals surface area contributed by atoms with Crippen LogP contribution in [0.15, 0.2) is 16.7 Å². The van der Waals surface area contributed by atoms with Crippen molar-refractivity contribution in [2.75, 3.05) is 0 Å². The van der Waals surface area contributed by atoms with Gasteiger partial charge in [-0.15, -0.1) is 0 Å². The van der Waals surface area contributed by atoms with Gasteiger partial charge in [-0.3, -0.25) is 0 Å². The number of nitrogens with one attached hydrogen (secondary N) is 1. The Balaban J connectivity index is 2.19. The molecule has 0 unspecified atom stereocenters. The maximum absolute atomic E-state index is 13.6. The van der Waals surface area contributed by atoms with Gasteiger partial charge in [-0.05, 0) is 50.7 Å². The molecule has 0 saturated carbocycles. The molecule has 3 rings (SSSR count). The summed E-state index contributed by atoms with van der Waals surface area (Å²) in [6, 6.07) is 3.28. The average molecular weight is 291 g/mol. The highest BCUT2D eigenvalue weighted by atomic mass is 32.1. The predicted molar refractivity (Wildman–Crippen MR) is 76.9 cm³/mol. The van der Waals surface area contributed by atoms with E-state index < -0.39 is 0 Å². The number of rotatable bonds is 2. The van der Waals surface area contributed by atoms with Crippen molar-refractivity contribution in [3.05, 3.63) is 45.3 Å². The molecule has 4 nitrogen and oxygen atoms in total. The number of hydrogen-bond acceptors (Lipinski definition) is 3. The fourth-order valence-corrected chi connectivity index (χ4v) is 2.60. The van der Waals surface area contributed by atoms with Gasteiger partial charge >= 0.3 is 0 Å². The van der Waals surface area contributed by atoms with E-state index in [9.17, 15) is 4.39 Å². The average Bonchev–Trinajstić information content (AvgIpc) is 2.85. The monoisotopic (exact) mass is 291 g/mol. The molecule has 3 aromatic rings. The van der Waals surface area contributed by atoms with Crippen LogP contribution in [0.25, 0.3) is 11.0 Å². The molecular weight excluding hydrogens is 277 g/mol. The normalized spacial score (nSPS) is 11.4. The molecule has 0 aliphatic rings. The Bertz CT molecular complexity index is 840. The molecular formula is C14H14FN3OS. The molecule has 0 atom stereocenters. The van der Waals surface area contributed by atoms with Gasteiger partial charge in [0.25, 0.3) is 0 Å². The van der Waals surface area contributed by atoms with Crippen LogP contribution in [0.3, 0.4) is 0 Å². The number of H-pyrrole nitrogens is 1. The molecule has 0 amide bonds. The molecule has 1 aromatic carbocycles. The lowest BCUT2D eigenvalue weighted by Crippen LogP contribution is -2.02. The molecule has 2 aromatic heterocycles. The van der Waals surface area contributed by atoms with Gasteiger partial charge in [0.05, 0.1) is 23.3 Å². The van der Waals surface area contributed by atoms with E-state index >= 15 is 0 Å². The lowest BCUT2D eigenvalue weighted by Gasteiger charge is -2.05. The summed E-state index contributed by atoms with van der Waals surface area (Å²) >= 11 is 5.33. The standard InChI is InChI=1S/C14H14FN3OS/c1-7-4-13-12(5-11(7)15)16-14(20)18(13)6-10-8(2)17-19-9(10)3/h4-5H,6H2,1-3H3,(H,16,20). The van der Waals surface area contributed by atoms with Crippen LogP contribution >= 0.6 is 12.2 Å². The summed E-state index contributed by atoms with van der Waals surface area (Å²) < 4.78 is 21.3. The number of benzene rings is 1. The van der Waals surface area contributed by atoms with Crippen LogP contribution in [0.1, 0.15) is 22.6 Å². The van der Waals surface area contributed by atoms with Crippen LogP contribution in [0.5, 0.6) is 0 Å². The maximum Gasteiger partial charge on any atom is 0.178 e. The van der Waals surface area contributed by atoms with Crippen molar-refractivity contribution in [1.82, 2.24) is 14.7 Å². The minimum atomic E-state index is -0.238. The van der Waals surface area contributed by atoms with E-state index in [0.29, 0.717) is 22.4 Å². The highest BCUT2D eigenvalue weighted by molar-refractivity contribution is 7.71. The van der Waals surface area contributed by atoms with Crippen molar-refractivity contribution in [1.29, 1.82) is 0 Å². The maximum atomic E-state index is 13.6. The van der Waals surface area contributed by atoms with Gasteiger partial charge in [-0.2, -0.15) is 0 Å². The number of halogens is 1. The van der Waals surface area contributed by atoms with Gasteiger partial charge in [0.2, 0.25) is 0 Å². The van der Waals surface area contributed by atoms with Crippen molar-refractivity contribution < 1.29 is 8.91 Å². The Labute approximate surface area is 120 Å². The van der Waals surface area contributed by atoms with Gasteiger partial charge in [0, 0.05) is 5.56 Å². The Hall–Kier alpha value is -1.95. The van der Waals surface area contributed by atoms with Gasteiger partial charge in [0.1, 0.15) is 11.6 Å². The van der Waals surface area contributed by atoms with Crippen molar-refractivity contribution >= 4 is 23.3 Å². The molecule has 0 fully saturated rings. The Kier molecular flexibility index (Phi) is 2.97. The van der Waals surface area contributed by atoms with E-state index in [2.05, 4.69) is 10.1 Å². The second-order valence-electron chi connectivity index (χ2n) is 4.94. The summed E-state index contributed by atoms with van der Waals surface area (Å²) in [7, 11) is 0. The highest BCUT2D eigenvalue weighted by Gasteiger charge is 2.13. The molecule has 0 saturated heterocycles. The molecule has 0 aliphatic heterocycles. The first-order chi connectivity index (χ1) is 9.47. The van der Waals surface area contributed by atoms with E-state index in [1.54, 1.807) is 13.0 Å². The fourth-order valence-electron chi connectivity index (χ4n) is 2.32. The Morgan fingerprint density at radius 2 is 2.10 bits per heavy atom. The summed E-state index contributed by atoms with van der Waals surface area (Å²) in [5, 5.41) is 3.95. The van der Waals surface area contributed by atoms with E-state index in [4.69, 9.17) is 16.7 Å². The third kappa shape index (κ3) is 1.96. The highest BCUT2D eigenvalue weighted by Crippen LogP contribution is 2.22. The quantitative estimate of drug-likeness (QED) is 0.730. The first-order valence-corrected chi connectivity index (χ1v) is 6.68. The van der Waals surface area contributed by atoms with Crippen LogP contribution in [0, 0.1) is 31.4 Å². The van der Waals surface area contributed by atoms with Gasteiger partial charge < -0.3 is 14.1 Å². The van der Waals surface area contributed by atoms with E-state index in [1.807, 2.05) is 18.4 Å². The molecule has 0 aliphatic carbocycles. The molecule has 20 heavy (non-hydrogen) atoms. The topological polar surface area (TPSA) is 46.8 Å². The summed E-state index contributed by atoms with van der Waals surface area (Å²) in [6.07, 6.45) is 0. The Morgan fingerprint density at radius 3 is 2.75 bits per heavy atom. The number of imidazole rings is 1. The molecule has 1 N–H and O–H groups in total. The second-order valence-corrected chi connectivity index (χ2v) is 5.32. The third-order valence-electron chi connectivity index (χ3n) is 3.55. The zero-order chi connectivity index (χ0) is 14.4. The zero-order valence-electron chi connectivity index (χ0n) is 11.5. The minimum Gasteiger partial charge on any atom is -0.361 e. The zero-order valence-corrected chi connectivity index (χ0v) is 12.3. The SMILES string of the molecule is Cc1cc2c(cc1F)[nH]c(=S)n2Cc1c(C)noc1C. The predicted octanol–water partition coefficient (Wildman–Crippen LogP) is 3.80. The van der Waals surface area contributed by atoms with Gasteiger partial charge in [-0.1, -0.05) is 5.16 Å². The number of fused-ring (bicyclic) bond motifs is 1. The largest absolute Gasteiger partial charge is 0.361 e. The molecule has 2 heterocycles. The van der Waals surface area contributed by atoms with Crippen molar-refractivity contribution in [2.24, 2.45) is 0 Å². The first-order valence-electron chi connectivity index (χ1n) is 6.28. The lowest BCUT2D eigenvalue weighted by atomic mass is 10.2. The number of aromatic nitrogens is 3. The minimum absolute atomic E-state index is 0.238. The fraction of sp³-hybridized carbons (Fsp3) is 0.286. The van der Waals surface area contributed by atoms with Gasteiger partial charge in [-0.25, -0.2) is 4.39 Å². The first kappa shape index (κ1) is 13.1. The molecule has 6 heteroatoms. The number of hydrogen-bond donors (Lipinski definition) is 1. The summed E-state index contributed by atoms with van der Waals surface area (Å²) in [4.78, 5) is 3.03.